The van der Waals surface area contributed by atoms with E-state index >= 15 is 0 Å². The molecule has 1 aromatic carbocycles. The highest BCUT2D eigenvalue weighted by Crippen LogP contribution is 2.39. The zero-order valence-electron chi connectivity index (χ0n) is 13.2. The van der Waals surface area contributed by atoms with E-state index in [0.29, 0.717) is 11.8 Å². The van der Waals surface area contributed by atoms with Gasteiger partial charge in [0.1, 0.15) is 10.2 Å². The highest BCUT2D eigenvalue weighted by atomic mass is 32.2. The number of hydrogen-bond donors (Lipinski definition) is 1. The van der Waals surface area contributed by atoms with Crippen LogP contribution < -0.4 is 10.6 Å². The first-order valence-electron chi connectivity index (χ1n) is 7.18. The SMILES string of the molecule is CC(SC1=Nc2ccccc2CS1)c1nc(N)nc(N(C)C)n1. The molecule has 0 saturated carbocycles. The first-order chi connectivity index (χ1) is 11.0. The van der Waals surface area contributed by atoms with Crippen molar-refractivity contribution in [3.8, 4) is 0 Å². The van der Waals surface area contributed by atoms with Gasteiger partial charge in [0.2, 0.25) is 11.9 Å². The van der Waals surface area contributed by atoms with Crippen LogP contribution in [-0.4, -0.2) is 33.4 Å². The van der Waals surface area contributed by atoms with Gasteiger partial charge in [-0.25, -0.2) is 4.99 Å². The van der Waals surface area contributed by atoms with Crippen LogP contribution in [0.5, 0.6) is 0 Å². The number of para-hydroxylation sites is 1. The van der Waals surface area contributed by atoms with Crippen molar-refractivity contribution in [3.63, 3.8) is 0 Å². The molecule has 0 spiro atoms. The summed E-state index contributed by atoms with van der Waals surface area (Å²) in [6, 6.07) is 8.23. The van der Waals surface area contributed by atoms with Gasteiger partial charge >= 0.3 is 0 Å². The fraction of sp³-hybridized carbons (Fsp3) is 0.333. The average molecular weight is 346 g/mol. The molecule has 0 amide bonds. The van der Waals surface area contributed by atoms with E-state index in [-0.39, 0.29) is 11.2 Å². The van der Waals surface area contributed by atoms with E-state index in [1.54, 1.807) is 23.5 Å². The van der Waals surface area contributed by atoms with E-state index in [1.165, 1.54) is 5.56 Å². The van der Waals surface area contributed by atoms with E-state index in [1.807, 2.05) is 37.2 Å². The lowest BCUT2D eigenvalue weighted by Gasteiger charge is -2.18. The molecule has 2 N–H and O–H groups in total. The quantitative estimate of drug-likeness (QED) is 0.913. The van der Waals surface area contributed by atoms with Crippen molar-refractivity contribution in [3.05, 3.63) is 35.7 Å². The lowest BCUT2D eigenvalue weighted by atomic mass is 10.2. The molecule has 0 saturated heterocycles. The third-order valence-corrected chi connectivity index (χ3v) is 5.55. The first-order valence-corrected chi connectivity index (χ1v) is 9.04. The Bertz CT molecular complexity index is 746. The zero-order chi connectivity index (χ0) is 16.4. The van der Waals surface area contributed by atoms with Crippen LogP contribution >= 0.6 is 23.5 Å². The van der Waals surface area contributed by atoms with Gasteiger partial charge in [0, 0.05) is 19.8 Å². The summed E-state index contributed by atoms with van der Waals surface area (Å²) >= 11 is 3.40. The van der Waals surface area contributed by atoms with Gasteiger partial charge in [0.15, 0.2) is 0 Å². The van der Waals surface area contributed by atoms with Gasteiger partial charge in [-0.15, -0.1) is 0 Å². The van der Waals surface area contributed by atoms with E-state index in [4.69, 9.17) is 10.7 Å². The van der Waals surface area contributed by atoms with Gasteiger partial charge < -0.3 is 10.6 Å². The molecule has 0 radical (unpaired) electrons. The number of nitrogens with zero attached hydrogens (tertiary/aromatic N) is 5. The van der Waals surface area contributed by atoms with Crippen molar-refractivity contribution >= 4 is 45.5 Å². The second-order valence-corrected chi connectivity index (χ2v) is 7.85. The summed E-state index contributed by atoms with van der Waals surface area (Å²) in [5.41, 5.74) is 8.12. The third-order valence-electron chi connectivity index (χ3n) is 3.25. The van der Waals surface area contributed by atoms with Gasteiger partial charge in [-0.1, -0.05) is 41.7 Å². The lowest BCUT2D eigenvalue weighted by molar-refractivity contribution is 0.867. The molecule has 0 aliphatic carbocycles. The van der Waals surface area contributed by atoms with E-state index in [9.17, 15) is 0 Å². The second-order valence-electron chi connectivity index (χ2n) is 5.30. The maximum Gasteiger partial charge on any atom is 0.229 e. The predicted octanol–water partition coefficient (Wildman–Crippen LogP) is 3.25. The Morgan fingerprint density at radius 3 is 2.78 bits per heavy atom. The molecular weight excluding hydrogens is 328 g/mol. The fourth-order valence-electron chi connectivity index (χ4n) is 2.06. The first kappa shape index (κ1) is 16.1. The Kier molecular flexibility index (Phi) is 4.72. The maximum absolute atomic E-state index is 5.80. The summed E-state index contributed by atoms with van der Waals surface area (Å²) in [5, 5.41) is 0.0514. The molecule has 1 aliphatic rings. The molecule has 1 aliphatic heterocycles. The van der Waals surface area contributed by atoms with Gasteiger partial charge in [-0.3, -0.25) is 0 Å². The van der Waals surface area contributed by atoms with E-state index in [0.717, 1.165) is 15.8 Å². The monoisotopic (exact) mass is 346 g/mol. The molecule has 120 valence electrons. The standard InChI is InChI=1S/C15H18N6S2/c1-9(12-18-13(16)20-14(19-12)21(2)3)23-15-17-11-7-5-4-6-10(11)8-22-15/h4-7,9H,8H2,1-3H3,(H2,16,18,19,20). The molecule has 23 heavy (non-hydrogen) atoms. The maximum atomic E-state index is 5.80. The van der Waals surface area contributed by atoms with Crippen LogP contribution in [0.2, 0.25) is 0 Å². The van der Waals surface area contributed by atoms with Crippen LogP contribution in [0.15, 0.2) is 29.3 Å². The molecule has 8 heteroatoms. The Morgan fingerprint density at radius 1 is 1.22 bits per heavy atom. The van der Waals surface area contributed by atoms with Crippen molar-refractivity contribution in [2.75, 3.05) is 24.7 Å². The van der Waals surface area contributed by atoms with Crippen LogP contribution in [0.4, 0.5) is 17.6 Å². The number of rotatable bonds is 3. The van der Waals surface area contributed by atoms with Gasteiger partial charge in [-0.05, 0) is 18.6 Å². The van der Waals surface area contributed by atoms with Crippen LogP contribution in [0, 0.1) is 0 Å². The minimum Gasteiger partial charge on any atom is -0.368 e. The third kappa shape index (κ3) is 3.76. The minimum absolute atomic E-state index is 0.0514. The smallest absolute Gasteiger partial charge is 0.229 e. The van der Waals surface area contributed by atoms with Gasteiger partial charge in [0.05, 0.1) is 10.9 Å². The van der Waals surface area contributed by atoms with Crippen molar-refractivity contribution in [1.82, 2.24) is 15.0 Å². The number of fused-ring (bicyclic) bond motifs is 1. The number of benzene rings is 1. The lowest BCUT2D eigenvalue weighted by Crippen LogP contribution is -2.16. The zero-order valence-corrected chi connectivity index (χ0v) is 14.9. The molecule has 1 aromatic heterocycles. The average Bonchev–Trinajstić information content (AvgIpc) is 2.54. The molecule has 2 heterocycles. The summed E-state index contributed by atoms with van der Waals surface area (Å²) in [5.74, 6) is 2.43. The summed E-state index contributed by atoms with van der Waals surface area (Å²) < 4.78 is 1.03. The Hall–Kier alpha value is -1.80. The number of anilines is 2. The molecule has 1 atom stereocenters. The summed E-state index contributed by atoms with van der Waals surface area (Å²) in [7, 11) is 3.77. The van der Waals surface area contributed by atoms with Crippen LogP contribution in [0.25, 0.3) is 0 Å². The summed E-state index contributed by atoms with van der Waals surface area (Å²) in [6.45, 7) is 2.06. The second kappa shape index (κ2) is 6.76. The van der Waals surface area contributed by atoms with Crippen molar-refractivity contribution < 1.29 is 0 Å². The normalized spacial score (nSPS) is 14.8. The molecule has 3 rings (SSSR count). The molecule has 1 unspecified atom stereocenters. The number of hydrogen-bond acceptors (Lipinski definition) is 8. The number of nitrogen functional groups attached to an aromatic ring is 1. The molecule has 6 nitrogen and oxygen atoms in total. The van der Waals surface area contributed by atoms with Crippen molar-refractivity contribution in [1.29, 1.82) is 0 Å². The Labute approximate surface area is 144 Å². The summed E-state index contributed by atoms with van der Waals surface area (Å²) in [6.07, 6.45) is 0. The van der Waals surface area contributed by atoms with Gasteiger partial charge in [-0.2, -0.15) is 15.0 Å². The van der Waals surface area contributed by atoms with Crippen molar-refractivity contribution in [2.24, 2.45) is 4.99 Å². The highest BCUT2D eigenvalue weighted by molar-refractivity contribution is 8.38. The molecule has 2 aromatic rings. The molecule has 0 fully saturated rings. The summed E-state index contributed by atoms with van der Waals surface area (Å²) in [4.78, 5) is 19.4. The Morgan fingerprint density at radius 2 is 2.00 bits per heavy atom. The number of nitrogens with two attached hydrogens (primary N) is 1. The van der Waals surface area contributed by atoms with Crippen LogP contribution in [0.1, 0.15) is 23.6 Å². The molecule has 0 bridgehead atoms. The van der Waals surface area contributed by atoms with E-state index in [2.05, 4.69) is 27.9 Å². The topological polar surface area (TPSA) is 80.3 Å². The van der Waals surface area contributed by atoms with Gasteiger partial charge in [0.25, 0.3) is 0 Å². The number of aliphatic imine (C=N–C) groups is 1. The van der Waals surface area contributed by atoms with Crippen LogP contribution in [0.3, 0.4) is 0 Å². The van der Waals surface area contributed by atoms with E-state index < -0.39 is 0 Å². The number of thioether (sulfide) groups is 2. The Balaban J connectivity index is 1.80. The number of aromatic nitrogens is 3. The van der Waals surface area contributed by atoms with Crippen LogP contribution in [-0.2, 0) is 5.75 Å². The minimum atomic E-state index is 0.0514. The van der Waals surface area contributed by atoms with Crippen molar-refractivity contribution in [2.45, 2.75) is 17.9 Å². The largest absolute Gasteiger partial charge is 0.368 e. The molecular formula is C15H18N6S2. The predicted molar refractivity (Wildman–Crippen MR) is 99.4 cm³/mol. The highest BCUT2D eigenvalue weighted by Gasteiger charge is 2.19. The fourth-order valence-corrected chi connectivity index (χ4v) is 4.29.